The summed E-state index contributed by atoms with van der Waals surface area (Å²) in [7, 11) is 0. The second-order valence-electron chi connectivity index (χ2n) is 8.69. The van der Waals surface area contributed by atoms with Crippen LogP contribution in [0.1, 0.15) is 51.4 Å². The van der Waals surface area contributed by atoms with Crippen LogP contribution in [0.15, 0.2) is 0 Å². The molecular weight excluding hydrogens is 383 g/mol. The second-order valence-corrected chi connectivity index (χ2v) is 11.1. The molecule has 7 heteroatoms. The fourth-order valence-electron chi connectivity index (χ4n) is 5.98. The molecule has 2 unspecified atom stereocenters. The fraction of sp³-hybridized carbons (Fsp3) is 0.944. The highest BCUT2D eigenvalue weighted by atomic mass is 35.6. The molecule has 1 aliphatic heterocycles. The number of halogens is 3. The molecular formula is C18H27Cl3N2O2. The van der Waals surface area contributed by atoms with Crippen LogP contribution in [0.5, 0.6) is 0 Å². The van der Waals surface area contributed by atoms with E-state index in [4.69, 9.17) is 39.5 Å². The zero-order chi connectivity index (χ0) is 17.7. The van der Waals surface area contributed by atoms with Crippen molar-refractivity contribution in [3.05, 3.63) is 0 Å². The molecule has 4 bridgehead atoms. The highest BCUT2D eigenvalue weighted by Crippen LogP contribution is 2.60. The van der Waals surface area contributed by atoms with Gasteiger partial charge in [-0.1, -0.05) is 34.8 Å². The molecule has 4 aliphatic carbocycles. The normalized spacial score (nSPS) is 41.1. The van der Waals surface area contributed by atoms with Crippen LogP contribution in [-0.2, 0) is 9.53 Å². The van der Waals surface area contributed by atoms with Crippen molar-refractivity contribution in [3.63, 3.8) is 0 Å². The van der Waals surface area contributed by atoms with E-state index in [0.29, 0.717) is 24.3 Å². The topological polar surface area (TPSA) is 50.4 Å². The van der Waals surface area contributed by atoms with Gasteiger partial charge in [-0.15, -0.1) is 0 Å². The van der Waals surface area contributed by atoms with E-state index < -0.39 is 9.96 Å². The lowest BCUT2D eigenvalue weighted by Crippen LogP contribution is -2.61. The van der Waals surface area contributed by atoms with Crippen LogP contribution < -0.4 is 10.6 Å². The summed E-state index contributed by atoms with van der Waals surface area (Å²) in [5, 5.41) is 6.25. The van der Waals surface area contributed by atoms with E-state index in [2.05, 4.69) is 10.6 Å². The Morgan fingerprint density at radius 2 is 1.72 bits per heavy atom. The van der Waals surface area contributed by atoms with Crippen molar-refractivity contribution >= 4 is 40.7 Å². The summed E-state index contributed by atoms with van der Waals surface area (Å²) in [5.74, 6) is 2.21. The number of alkyl halides is 3. The number of hydrogen-bond acceptors (Lipinski definition) is 3. The Labute approximate surface area is 164 Å². The van der Waals surface area contributed by atoms with Crippen LogP contribution in [0.25, 0.3) is 0 Å². The molecule has 4 nitrogen and oxygen atoms in total. The summed E-state index contributed by atoms with van der Waals surface area (Å²) in [6.07, 6.45) is 8.42. The minimum atomic E-state index is -1.59. The molecule has 1 heterocycles. The quantitative estimate of drug-likeness (QED) is 0.536. The first-order valence-electron chi connectivity index (χ1n) is 9.57. The van der Waals surface area contributed by atoms with Crippen molar-refractivity contribution in [1.29, 1.82) is 0 Å². The van der Waals surface area contributed by atoms with Crippen molar-refractivity contribution in [1.82, 2.24) is 10.6 Å². The molecule has 0 radical (unpaired) electrons. The van der Waals surface area contributed by atoms with E-state index >= 15 is 0 Å². The monoisotopic (exact) mass is 408 g/mol. The Bertz CT molecular complexity index is 482. The Morgan fingerprint density at radius 3 is 2.20 bits per heavy atom. The first-order valence-corrected chi connectivity index (χ1v) is 10.7. The number of ether oxygens (including phenoxy) is 1. The van der Waals surface area contributed by atoms with Crippen LogP contribution in [-0.4, -0.2) is 35.1 Å². The smallest absolute Gasteiger partial charge is 0.227 e. The standard InChI is InChI=1S/C18H27Cl3N2O2/c19-18(20,21)15(22-10-14-2-1-3-25-14)23-16(24)17-7-11-4-12(8-17)6-13(5-11)9-17/h11-15,22H,1-10H2,(H,23,24). The maximum atomic E-state index is 13.2. The lowest BCUT2D eigenvalue weighted by atomic mass is 9.49. The zero-order valence-electron chi connectivity index (χ0n) is 14.4. The first kappa shape index (κ1) is 18.6. The molecule has 142 valence electrons. The lowest BCUT2D eigenvalue weighted by molar-refractivity contribution is -0.147. The van der Waals surface area contributed by atoms with Gasteiger partial charge in [0.1, 0.15) is 6.17 Å². The van der Waals surface area contributed by atoms with Gasteiger partial charge in [0.25, 0.3) is 0 Å². The summed E-state index contributed by atoms with van der Waals surface area (Å²) in [5.41, 5.74) is -0.242. The summed E-state index contributed by atoms with van der Waals surface area (Å²) in [4.78, 5) is 13.2. The van der Waals surface area contributed by atoms with Crippen LogP contribution in [0.2, 0.25) is 0 Å². The maximum absolute atomic E-state index is 13.2. The SMILES string of the molecule is O=C(NC(NCC1CCCO1)C(Cl)(Cl)Cl)C12CC3CC(CC(C3)C1)C2. The molecule has 1 saturated heterocycles. The number of amides is 1. The van der Waals surface area contributed by atoms with Crippen molar-refractivity contribution < 1.29 is 9.53 Å². The summed E-state index contributed by atoms with van der Waals surface area (Å²) >= 11 is 18.4. The van der Waals surface area contributed by atoms with Crippen molar-refractivity contribution in [2.75, 3.05) is 13.2 Å². The van der Waals surface area contributed by atoms with E-state index in [-0.39, 0.29) is 17.4 Å². The van der Waals surface area contributed by atoms with Gasteiger partial charge in [0.15, 0.2) is 0 Å². The van der Waals surface area contributed by atoms with Crippen LogP contribution in [0.4, 0.5) is 0 Å². The number of hydrogen-bond donors (Lipinski definition) is 2. The number of carbonyl (C=O) groups is 1. The van der Waals surface area contributed by atoms with Crippen molar-refractivity contribution in [3.8, 4) is 0 Å². The third-order valence-corrected chi connectivity index (χ3v) is 7.35. The van der Waals surface area contributed by atoms with Crippen LogP contribution >= 0.6 is 34.8 Å². The number of rotatable bonds is 5. The summed E-state index contributed by atoms with van der Waals surface area (Å²) < 4.78 is 4.03. The van der Waals surface area contributed by atoms with E-state index in [1.807, 2.05) is 0 Å². The van der Waals surface area contributed by atoms with Crippen molar-refractivity contribution in [2.24, 2.45) is 23.2 Å². The predicted molar refractivity (Wildman–Crippen MR) is 99.8 cm³/mol. The second kappa shape index (κ2) is 7.01. The molecule has 2 atom stereocenters. The third-order valence-electron chi connectivity index (χ3n) is 6.70. The summed E-state index contributed by atoms with van der Waals surface area (Å²) in [6, 6.07) is 0. The Kier molecular flexibility index (Phi) is 5.22. The number of carbonyl (C=O) groups excluding carboxylic acids is 1. The zero-order valence-corrected chi connectivity index (χ0v) is 16.7. The highest BCUT2D eigenvalue weighted by Gasteiger charge is 2.55. The van der Waals surface area contributed by atoms with Gasteiger partial charge in [0.2, 0.25) is 9.70 Å². The van der Waals surface area contributed by atoms with E-state index in [1.54, 1.807) is 0 Å². The molecule has 4 saturated carbocycles. The van der Waals surface area contributed by atoms with Gasteiger partial charge in [-0.25, -0.2) is 0 Å². The average molecular weight is 410 g/mol. The van der Waals surface area contributed by atoms with Crippen molar-refractivity contribution in [2.45, 2.75) is 67.4 Å². The Hall–Kier alpha value is 0.260. The van der Waals surface area contributed by atoms with E-state index in [9.17, 15) is 4.79 Å². The number of nitrogens with one attached hydrogen (secondary N) is 2. The maximum Gasteiger partial charge on any atom is 0.227 e. The molecule has 0 aromatic heterocycles. The molecule has 5 aliphatic rings. The molecule has 25 heavy (non-hydrogen) atoms. The van der Waals surface area contributed by atoms with Gasteiger partial charge in [-0.3, -0.25) is 10.1 Å². The minimum absolute atomic E-state index is 0.0720. The molecule has 5 rings (SSSR count). The van der Waals surface area contributed by atoms with Gasteiger partial charge in [0.05, 0.1) is 11.5 Å². The Balaban J connectivity index is 1.41. The Morgan fingerprint density at radius 1 is 1.12 bits per heavy atom. The fourth-order valence-corrected chi connectivity index (χ4v) is 6.37. The van der Waals surface area contributed by atoms with Gasteiger partial charge < -0.3 is 10.1 Å². The molecule has 0 spiro atoms. The van der Waals surface area contributed by atoms with E-state index in [1.165, 1.54) is 19.3 Å². The molecule has 1 amide bonds. The van der Waals surface area contributed by atoms with Gasteiger partial charge in [-0.2, -0.15) is 0 Å². The molecule has 0 aromatic rings. The van der Waals surface area contributed by atoms with Gasteiger partial charge in [-0.05, 0) is 69.1 Å². The van der Waals surface area contributed by atoms with Crippen LogP contribution in [0, 0.1) is 23.2 Å². The molecule has 2 N–H and O–H groups in total. The average Bonchev–Trinajstić information content (AvgIpc) is 3.02. The highest BCUT2D eigenvalue weighted by molar-refractivity contribution is 6.68. The molecule has 0 aromatic carbocycles. The van der Waals surface area contributed by atoms with E-state index in [0.717, 1.165) is 38.7 Å². The largest absolute Gasteiger partial charge is 0.377 e. The third kappa shape index (κ3) is 3.94. The minimum Gasteiger partial charge on any atom is -0.377 e. The first-order chi connectivity index (χ1) is 11.8. The lowest BCUT2D eigenvalue weighted by Gasteiger charge is -2.56. The van der Waals surface area contributed by atoms with Gasteiger partial charge in [0, 0.05) is 13.2 Å². The van der Waals surface area contributed by atoms with Crippen LogP contribution in [0.3, 0.4) is 0 Å². The van der Waals surface area contributed by atoms with Gasteiger partial charge >= 0.3 is 0 Å². The summed E-state index contributed by atoms with van der Waals surface area (Å²) in [6.45, 7) is 1.37. The molecule has 5 fully saturated rings. The predicted octanol–water partition coefficient (Wildman–Crippen LogP) is 3.78.